The molecule has 3 aliphatic rings. The fraction of sp³-hybridized carbons (Fsp3) is 0.900. The summed E-state index contributed by atoms with van der Waals surface area (Å²) in [6, 6.07) is 0. The third kappa shape index (κ3) is 0.834. The van der Waals surface area contributed by atoms with Crippen LogP contribution in [0.25, 0.3) is 0 Å². The minimum absolute atomic E-state index is 0.252. The molecule has 0 aromatic heterocycles. The van der Waals surface area contributed by atoms with Gasteiger partial charge < -0.3 is 14.6 Å². The molecule has 0 aromatic rings. The molecule has 0 spiro atoms. The van der Waals surface area contributed by atoms with Crippen LogP contribution in [0.2, 0.25) is 0 Å². The van der Waals surface area contributed by atoms with Crippen molar-refractivity contribution in [1.29, 1.82) is 0 Å². The van der Waals surface area contributed by atoms with E-state index in [1.807, 2.05) is 0 Å². The van der Waals surface area contributed by atoms with Crippen LogP contribution in [0.1, 0.15) is 25.7 Å². The quantitative estimate of drug-likeness (QED) is 0.696. The van der Waals surface area contributed by atoms with Crippen molar-refractivity contribution in [2.24, 2.45) is 11.3 Å². The fourth-order valence-electron chi connectivity index (χ4n) is 3.33. The van der Waals surface area contributed by atoms with Crippen LogP contribution in [-0.2, 0) is 14.3 Å². The van der Waals surface area contributed by atoms with Crippen molar-refractivity contribution < 1.29 is 19.4 Å². The summed E-state index contributed by atoms with van der Waals surface area (Å²) in [5, 5.41) is 9.27. The normalized spacial score (nSPS) is 38.9. The van der Waals surface area contributed by atoms with Gasteiger partial charge in [-0.25, -0.2) is 0 Å². The van der Waals surface area contributed by atoms with E-state index < -0.39 is 17.2 Å². The van der Waals surface area contributed by atoms with E-state index in [0.29, 0.717) is 12.8 Å². The van der Waals surface area contributed by atoms with E-state index in [0.717, 1.165) is 12.8 Å². The monoisotopic (exact) mass is 200 g/mol. The Labute approximate surface area is 83.2 Å². The Bertz CT molecular complexity index is 255. The number of methoxy groups -OCH3 is 2. The predicted molar refractivity (Wildman–Crippen MR) is 48.8 cm³/mol. The Morgan fingerprint density at radius 3 is 2.43 bits per heavy atom. The first-order valence-electron chi connectivity index (χ1n) is 4.96. The third-order valence-corrected chi connectivity index (χ3v) is 3.97. The van der Waals surface area contributed by atoms with Crippen molar-refractivity contribution in [2.75, 3.05) is 14.2 Å². The van der Waals surface area contributed by atoms with Gasteiger partial charge in [0.15, 0.2) is 5.79 Å². The molecule has 14 heavy (non-hydrogen) atoms. The summed E-state index contributed by atoms with van der Waals surface area (Å²) < 4.78 is 10.7. The van der Waals surface area contributed by atoms with Gasteiger partial charge in [0.2, 0.25) is 0 Å². The number of fused-ring (bicyclic) bond motifs is 2. The highest BCUT2D eigenvalue weighted by atomic mass is 16.7. The summed E-state index contributed by atoms with van der Waals surface area (Å²) in [6.07, 6.45) is 3.34. The molecule has 3 saturated carbocycles. The van der Waals surface area contributed by atoms with Gasteiger partial charge in [-0.1, -0.05) is 6.42 Å². The molecule has 0 radical (unpaired) electrons. The number of hydrogen-bond acceptors (Lipinski definition) is 3. The highest BCUT2D eigenvalue weighted by Gasteiger charge is 2.72. The maximum atomic E-state index is 11.3. The van der Waals surface area contributed by atoms with Crippen molar-refractivity contribution in [3.8, 4) is 0 Å². The topological polar surface area (TPSA) is 55.8 Å². The van der Waals surface area contributed by atoms with Crippen LogP contribution in [0, 0.1) is 11.3 Å². The summed E-state index contributed by atoms with van der Waals surface area (Å²) in [5.74, 6) is -1.39. The molecule has 2 bridgehead atoms. The Balaban J connectivity index is 2.35. The SMILES string of the molecule is COC1(OC)C2CCCC1(C(=O)O)C2. The number of hydrogen-bond donors (Lipinski definition) is 1. The van der Waals surface area contributed by atoms with Crippen LogP contribution < -0.4 is 0 Å². The Morgan fingerprint density at radius 2 is 2.07 bits per heavy atom. The van der Waals surface area contributed by atoms with Crippen LogP contribution >= 0.6 is 0 Å². The average Bonchev–Trinajstić information content (AvgIpc) is 2.20. The van der Waals surface area contributed by atoms with Crippen molar-refractivity contribution >= 4 is 5.97 Å². The molecule has 0 aliphatic heterocycles. The van der Waals surface area contributed by atoms with Crippen molar-refractivity contribution in [3.05, 3.63) is 0 Å². The van der Waals surface area contributed by atoms with Crippen LogP contribution in [0.4, 0.5) is 0 Å². The molecule has 0 amide bonds. The molecular weight excluding hydrogens is 184 g/mol. The standard InChI is InChI=1S/C10H16O4/c1-13-10(14-2)7-4-3-5-9(10,6-7)8(11)12/h7H,3-6H2,1-2H3,(H,11,12). The highest BCUT2D eigenvalue weighted by Crippen LogP contribution is 2.64. The van der Waals surface area contributed by atoms with Gasteiger partial charge in [0.05, 0.1) is 0 Å². The van der Waals surface area contributed by atoms with Gasteiger partial charge in [-0.05, 0) is 19.3 Å². The van der Waals surface area contributed by atoms with E-state index in [4.69, 9.17) is 9.47 Å². The zero-order valence-electron chi connectivity index (χ0n) is 8.58. The molecular formula is C10H16O4. The van der Waals surface area contributed by atoms with E-state index in [-0.39, 0.29) is 5.92 Å². The minimum atomic E-state index is -0.864. The van der Waals surface area contributed by atoms with E-state index in [1.165, 1.54) is 0 Å². The van der Waals surface area contributed by atoms with E-state index in [9.17, 15) is 9.90 Å². The number of carboxylic acids is 1. The van der Waals surface area contributed by atoms with Crippen molar-refractivity contribution in [2.45, 2.75) is 31.5 Å². The van der Waals surface area contributed by atoms with Crippen LogP contribution in [0.15, 0.2) is 0 Å². The Kier molecular flexibility index (Phi) is 2.08. The molecule has 3 aliphatic carbocycles. The molecule has 0 aromatic carbocycles. The predicted octanol–water partition coefficient (Wildman–Crippen LogP) is 1.25. The molecule has 2 atom stereocenters. The first kappa shape index (κ1) is 9.93. The second kappa shape index (κ2) is 2.94. The Hall–Kier alpha value is -0.610. The zero-order valence-corrected chi connectivity index (χ0v) is 8.58. The van der Waals surface area contributed by atoms with Crippen LogP contribution in [0.5, 0.6) is 0 Å². The van der Waals surface area contributed by atoms with Gasteiger partial charge >= 0.3 is 5.97 Å². The zero-order chi connectivity index (χ0) is 10.4. The molecule has 0 heterocycles. The van der Waals surface area contributed by atoms with Gasteiger partial charge in [0.1, 0.15) is 5.41 Å². The van der Waals surface area contributed by atoms with Gasteiger partial charge in [-0.15, -0.1) is 0 Å². The second-order valence-electron chi connectivity index (χ2n) is 4.26. The van der Waals surface area contributed by atoms with Crippen molar-refractivity contribution in [3.63, 3.8) is 0 Å². The van der Waals surface area contributed by atoms with E-state index in [2.05, 4.69) is 0 Å². The number of ether oxygens (including phenoxy) is 2. The summed E-state index contributed by atoms with van der Waals surface area (Å²) >= 11 is 0. The lowest BCUT2D eigenvalue weighted by atomic mass is 9.49. The largest absolute Gasteiger partial charge is 0.481 e. The third-order valence-electron chi connectivity index (χ3n) is 3.97. The molecule has 2 unspecified atom stereocenters. The van der Waals surface area contributed by atoms with E-state index >= 15 is 0 Å². The minimum Gasteiger partial charge on any atom is -0.481 e. The molecule has 3 rings (SSSR count). The summed E-state index contributed by atoms with van der Waals surface area (Å²) in [6.45, 7) is 0. The second-order valence-corrected chi connectivity index (χ2v) is 4.26. The highest BCUT2D eigenvalue weighted by molar-refractivity contribution is 5.78. The maximum absolute atomic E-state index is 11.3. The van der Waals surface area contributed by atoms with Gasteiger partial charge in [0.25, 0.3) is 0 Å². The van der Waals surface area contributed by atoms with E-state index in [1.54, 1.807) is 14.2 Å². The van der Waals surface area contributed by atoms with Gasteiger partial charge in [-0.3, -0.25) is 4.79 Å². The van der Waals surface area contributed by atoms with Crippen LogP contribution in [-0.4, -0.2) is 31.1 Å². The van der Waals surface area contributed by atoms with Crippen LogP contribution in [0.3, 0.4) is 0 Å². The molecule has 3 fully saturated rings. The first-order chi connectivity index (χ1) is 6.63. The number of carboxylic acid groups (broad SMARTS) is 1. The molecule has 0 saturated heterocycles. The smallest absolute Gasteiger partial charge is 0.315 e. The molecule has 1 N–H and O–H groups in total. The first-order valence-corrected chi connectivity index (χ1v) is 4.96. The lowest BCUT2D eigenvalue weighted by Gasteiger charge is -2.62. The number of carbonyl (C=O) groups is 1. The van der Waals surface area contributed by atoms with Crippen molar-refractivity contribution in [1.82, 2.24) is 0 Å². The number of rotatable bonds is 3. The maximum Gasteiger partial charge on any atom is 0.315 e. The lowest BCUT2D eigenvalue weighted by molar-refractivity contribution is -0.371. The molecule has 4 nitrogen and oxygen atoms in total. The van der Waals surface area contributed by atoms with Gasteiger partial charge in [0, 0.05) is 20.1 Å². The Morgan fingerprint density at radius 1 is 1.43 bits per heavy atom. The summed E-state index contributed by atoms with van der Waals surface area (Å²) in [4.78, 5) is 11.3. The lowest BCUT2D eigenvalue weighted by Crippen LogP contribution is -2.71. The molecule has 4 heteroatoms. The average molecular weight is 200 g/mol. The fourth-order valence-corrected chi connectivity index (χ4v) is 3.33. The number of aliphatic carboxylic acids is 1. The summed E-state index contributed by atoms with van der Waals surface area (Å²) in [7, 11) is 3.08. The molecule has 80 valence electrons. The summed E-state index contributed by atoms with van der Waals surface area (Å²) in [5.41, 5.74) is -0.792. The van der Waals surface area contributed by atoms with Gasteiger partial charge in [-0.2, -0.15) is 0 Å².